The zero-order valence-corrected chi connectivity index (χ0v) is 11.2. The number of nitrogens with one attached hydrogen (secondary N) is 1. The second-order valence-electron chi connectivity index (χ2n) is 3.67. The van der Waals surface area contributed by atoms with Crippen LogP contribution in [0.25, 0.3) is 0 Å². The van der Waals surface area contributed by atoms with E-state index in [9.17, 15) is 22.4 Å². The molecule has 0 amide bonds. The normalized spacial score (nSPS) is 10.9. The molecule has 7 nitrogen and oxygen atoms in total. The van der Waals surface area contributed by atoms with E-state index in [-0.39, 0.29) is 12.2 Å². The average Bonchev–Trinajstić information content (AvgIpc) is 2.30. The second kappa shape index (κ2) is 6.33. The van der Waals surface area contributed by atoms with Gasteiger partial charge in [-0.2, -0.15) is 0 Å². The van der Waals surface area contributed by atoms with Crippen molar-refractivity contribution in [1.82, 2.24) is 0 Å². The highest BCUT2D eigenvalue weighted by Gasteiger charge is 2.19. The van der Waals surface area contributed by atoms with Crippen LogP contribution in [0, 0.1) is 5.82 Å². The number of ether oxygens (including phenoxy) is 1. The van der Waals surface area contributed by atoms with Gasteiger partial charge in [-0.15, -0.1) is 0 Å². The van der Waals surface area contributed by atoms with E-state index >= 15 is 0 Å². The quantitative estimate of drug-likeness (QED) is 0.753. The molecule has 0 bridgehead atoms. The van der Waals surface area contributed by atoms with Crippen LogP contribution in [0.3, 0.4) is 0 Å². The summed E-state index contributed by atoms with van der Waals surface area (Å²) in [4.78, 5) is 21.7. The molecule has 0 aliphatic heterocycles. The molecule has 1 rings (SSSR count). The Bertz CT molecular complexity index is 628. The number of hydrogen-bond acceptors (Lipinski definition) is 5. The molecule has 0 fully saturated rings. The van der Waals surface area contributed by atoms with Gasteiger partial charge in [0, 0.05) is 0 Å². The van der Waals surface area contributed by atoms with Gasteiger partial charge in [0.1, 0.15) is 5.82 Å². The molecule has 0 radical (unpaired) electrons. The zero-order valence-electron chi connectivity index (χ0n) is 10.4. The number of carbonyl (C=O) groups excluding carboxylic acids is 1. The number of sulfonamides is 1. The Balaban J connectivity index is 2.87. The van der Waals surface area contributed by atoms with Crippen molar-refractivity contribution in [3.63, 3.8) is 0 Å². The van der Waals surface area contributed by atoms with E-state index in [2.05, 4.69) is 4.74 Å². The van der Waals surface area contributed by atoms with Crippen LogP contribution in [0.15, 0.2) is 18.2 Å². The summed E-state index contributed by atoms with van der Waals surface area (Å²) in [6.45, 7) is 1.54. The van der Waals surface area contributed by atoms with E-state index in [4.69, 9.17) is 5.11 Å². The van der Waals surface area contributed by atoms with Crippen molar-refractivity contribution >= 4 is 27.6 Å². The minimum atomic E-state index is -4.12. The number of hydrogen-bond donors (Lipinski definition) is 2. The van der Waals surface area contributed by atoms with E-state index in [1.165, 1.54) is 6.92 Å². The number of aromatic carboxylic acids is 1. The third-order valence-electron chi connectivity index (χ3n) is 2.09. The van der Waals surface area contributed by atoms with Crippen LogP contribution in [0.1, 0.15) is 17.3 Å². The summed E-state index contributed by atoms with van der Waals surface area (Å²) in [6, 6.07) is 2.67. The predicted octanol–water partition coefficient (Wildman–Crippen LogP) is 0.829. The third-order valence-corrected chi connectivity index (χ3v) is 3.24. The number of carboxylic acids is 1. The highest BCUT2D eigenvalue weighted by atomic mass is 32.2. The highest BCUT2D eigenvalue weighted by Crippen LogP contribution is 2.17. The summed E-state index contributed by atoms with van der Waals surface area (Å²) in [5, 5.41) is 8.64. The maximum Gasteiger partial charge on any atom is 0.335 e. The van der Waals surface area contributed by atoms with Gasteiger partial charge < -0.3 is 9.84 Å². The van der Waals surface area contributed by atoms with Crippen molar-refractivity contribution in [3.05, 3.63) is 29.6 Å². The average molecular weight is 305 g/mol. The Kier molecular flexibility index (Phi) is 5.03. The van der Waals surface area contributed by atoms with E-state index in [1.54, 1.807) is 0 Å². The van der Waals surface area contributed by atoms with Gasteiger partial charge in [-0.25, -0.2) is 17.6 Å². The Morgan fingerprint density at radius 3 is 2.55 bits per heavy atom. The summed E-state index contributed by atoms with van der Waals surface area (Å²) in [6.07, 6.45) is 0. The number of carbonyl (C=O) groups is 2. The summed E-state index contributed by atoms with van der Waals surface area (Å²) in [5.41, 5.74) is -0.768. The Morgan fingerprint density at radius 2 is 2.05 bits per heavy atom. The predicted molar refractivity (Wildman–Crippen MR) is 67.4 cm³/mol. The number of carboxylic acid groups (broad SMARTS) is 1. The first-order valence-corrected chi connectivity index (χ1v) is 7.09. The van der Waals surface area contributed by atoms with Gasteiger partial charge in [0.15, 0.2) is 5.75 Å². The van der Waals surface area contributed by atoms with Crippen LogP contribution in [-0.4, -0.2) is 37.8 Å². The van der Waals surface area contributed by atoms with E-state index in [1.807, 2.05) is 4.72 Å². The minimum absolute atomic E-state index is 0.0238. The molecular formula is C11H12FNO6S. The van der Waals surface area contributed by atoms with Crippen LogP contribution in [0.5, 0.6) is 0 Å². The van der Waals surface area contributed by atoms with E-state index in [0.29, 0.717) is 6.07 Å². The lowest BCUT2D eigenvalue weighted by Crippen LogP contribution is -2.24. The zero-order chi connectivity index (χ0) is 15.3. The van der Waals surface area contributed by atoms with Gasteiger partial charge in [0.2, 0.25) is 10.0 Å². The summed E-state index contributed by atoms with van der Waals surface area (Å²) in [5.74, 6) is -4.33. The number of anilines is 1. The molecule has 0 saturated heterocycles. The monoisotopic (exact) mass is 305 g/mol. The van der Waals surface area contributed by atoms with Crippen molar-refractivity contribution in [3.8, 4) is 0 Å². The summed E-state index contributed by atoms with van der Waals surface area (Å²) in [7, 11) is -4.12. The maximum atomic E-state index is 13.5. The van der Waals surface area contributed by atoms with Gasteiger partial charge in [-0.3, -0.25) is 9.52 Å². The molecule has 0 heterocycles. The van der Waals surface area contributed by atoms with Crippen molar-refractivity contribution < 1.29 is 32.2 Å². The standard InChI is InChI=1S/C11H12FNO6S/c1-2-19-10(14)6-20(17,18)13-9-4-3-7(11(15)16)5-8(9)12/h3-5,13H,2,6H2,1H3,(H,15,16). The molecule has 0 aliphatic rings. The molecule has 0 aliphatic carbocycles. The first-order valence-electron chi connectivity index (χ1n) is 5.44. The van der Waals surface area contributed by atoms with Crippen LogP contribution in [0.2, 0.25) is 0 Å². The topological polar surface area (TPSA) is 110 Å². The van der Waals surface area contributed by atoms with Gasteiger partial charge in [-0.1, -0.05) is 0 Å². The van der Waals surface area contributed by atoms with Crippen molar-refractivity contribution in [2.75, 3.05) is 17.1 Å². The lowest BCUT2D eigenvalue weighted by atomic mass is 10.2. The smallest absolute Gasteiger partial charge is 0.335 e. The first-order chi connectivity index (χ1) is 9.25. The molecule has 0 unspecified atom stereocenters. The van der Waals surface area contributed by atoms with Gasteiger partial charge in [0.25, 0.3) is 0 Å². The SMILES string of the molecule is CCOC(=O)CS(=O)(=O)Nc1ccc(C(=O)O)cc1F. The van der Waals surface area contributed by atoms with Crippen molar-refractivity contribution in [2.45, 2.75) is 6.92 Å². The van der Waals surface area contributed by atoms with Gasteiger partial charge >= 0.3 is 11.9 Å². The maximum absolute atomic E-state index is 13.5. The van der Waals surface area contributed by atoms with E-state index in [0.717, 1.165) is 12.1 Å². The summed E-state index contributed by atoms with van der Waals surface area (Å²) < 4.78 is 43.0. The second-order valence-corrected chi connectivity index (χ2v) is 5.39. The lowest BCUT2D eigenvalue weighted by molar-refractivity contribution is -0.139. The molecule has 0 saturated carbocycles. The first kappa shape index (κ1) is 15.9. The van der Waals surface area contributed by atoms with E-state index < -0.39 is 39.2 Å². The highest BCUT2D eigenvalue weighted by molar-refractivity contribution is 7.93. The number of rotatable bonds is 6. The van der Waals surface area contributed by atoms with Crippen LogP contribution >= 0.6 is 0 Å². The molecule has 1 aromatic rings. The summed E-state index contributed by atoms with van der Waals surface area (Å²) >= 11 is 0. The minimum Gasteiger partial charge on any atom is -0.478 e. The Morgan fingerprint density at radius 1 is 1.40 bits per heavy atom. The van der Waals surface area contributed by atoms with Crippen molar-refractivity contribution in [2.24, 2.45) is 0 Å². The molecule has 0 atom stereocenters. The van der Waals surface area contributed by atoms with Crippen molar-refractivity contribution in [1.29, 1.82) is 0 Å². The van der Waals surface area contributed by atoms with Crippen LogP contribution < -0.4 is 4.72 Å². The number of benzene rings is 1. The fourth-order valence-corrected chi connectivity index (χ4v) is 2.26. The van der Waals surface area contributed by atoms with Crippen LogP contribution in [-0.2, 0) is 19.6 Å². The fraction of sp³-hybridized carbons (Fsp3) is 0.273. The largest absolute Gasteiger partial charge is 0.478 e. The van der Waals surface area contributed by atoms with Gasteiger partial charge in [0.05, 0.1) is 17.9 Å². The molecule has 20 heavy (non-hydrogen) atoms. The molecule has 110 valence electrons. The fourth-order valence-electron chi connectivity index (χ4n) is 1.29. The molecule has 9 heteroatoms. The lowest BCUT2D eigenvalue weighted by Gasteiger charge is -2.08. The molecular weight excluding hydrogens is 293 g/mol. The Labute approximate surface area is 114 Å². The molecule has 0 aromatic heterocycles. The third kappa shape index (κ3) is 4.50. The van der Waals surface area contributed by atoms with Gasteiger partial charge in [-0.05, 0) is 25.1 Å². The molecule has 2 N–H and O–H groups in total. The molecule has 0 spiro atoms. The Hall–Kier alpha value is -2.16. The van der Waals surface area contributed by atoms with Crippen LogP contribution in [0.4, 0.5) is 10.1 Å². The number of esters is 1. The molecule has 1 aromatic carbocycles. The number of halogens is 1.